The van der Waals surface area contributed by atoms with Crippen LogP contribution in [-0.2, 0) is 35.7 Å². The molecule has 0 unspecified atom stereocenters. The number of aliphatic hydroxyl groups is 1. The van der Waals surface area contributed by atoms with Gasteiger partial charge in [-0.05, 0) is 105 Å². The number of H-pyrrole nitrogens is 2. The number of nitrogens with zero attached hydrogens (tertiary/aromatic N) is 3. The van der Waals surface area contributed by atoms with E-state index in [4.69, 9.17) is 19.4 Å². The first-order chi connectivity index (χ1) is 24.3. The van der Waals surface area contributed by atoms with E-state index in [1.807, 2.05) is 32.9 Å². The number of allylic oxidation sites excluding steroid dienone is 2. The molecular formula is C40H51N5O6. The Morgan fingerprint density at radius 2 is 1.55 bits per heavy atom. The van der Waals surface area contributed by atoms with E-state index in [1.165, 1.54) is 14.2 Å². The number of ether oxygens (including phenoxy) is 2. The summed E-state index contributed by atoms with van der Waals surface area (Å²) >= 11 is 0. The zero-order valence-electron chi connectivity index (χ0n) is 31.2. The molecule has 0 aromatic carbocycles. The van der Waals surface area contributed by atoms with Crippen molar-refractivity contribution in [1.82, 2.24) is 24.8 Å². The first kappa shape index (κ1) is 37.5. The van der Waals surface area contributed by atoms with Gasteiger partial charge in [0.15, 0.2) is 0 Å². The van der Waals surface area contributed by atoms with Crippen LogP contribution in [0.2, 0.25) is 0 Å². The lowest BCUT2D eigenvalue weighted by molar-refractivity contribution is -0.141. The Morgan fingerprint density at radius 3 is 2.22 bits per heavy atom. The highest BCUT2D eigenvalue weighted by atomic mass is 16.5. The number of hydrogen-bond acceptors (Lipinski definition) is 8. The van der Waals surface area contributed by atoms with Gasteiger partial charge in [0.2, 0.25) is 5.91 Å². The number of rotatable bonds is 12. The van der Waals surface area contributed by atoms with Crippen molar-refractivity contribution < 1.29 is 29.0 Å². The van der Waals surface area contributed by atoms with Crippen LogP contribution in [0.25, 0.3) is 33.2 Å². The zero-order valence-corrected chi connectivity index (χ0v) is 31.2. The molecule has 3 aromatic rings. The van der Waals surface area contributed by atoms with Gasteiger partial charge < -0.3 is 29.4 Å². The summed E-state index contributed by atoms with van der Waals surface area (Å²) in [5.41, 5.74) is 10.9. The maximum Gasteiger partial charge on any atom is 0.305 e. The van der Waals surface area contributed by atoms with Crippen molar-refractivity contribution in [3.8, 4) is 0 Å². The number of aryl methyl sites for hydroxylation is 3. The average Bonchev–Trinajstić information content (AvgIpc) is 3.76. The fraction of sp³-hybridized carbons (Fsp3) is 0.475. The number of unbranched alkanes of at least 4 members (excludes halogenated alkanes) is 1. The van der Waals surface area contributed by atoms with Crippen molar-refractivity contribution in [3.63, 3.8) is 0 Å². The largest absolute Gasteiger partial charge is 0.469 e. The van der Waals surface area contributed by atoms with Crippen LogP contribution in [0.1, 0.15) is 104 Å². The van der Waals surface area contributed by atoms with Gasteiger partial charge >= 0.3 is 11.9 Å². The van der Waals surface area contributed by atoms with Crippen molar-refractivity contribution in [3.05, 3.63) is 69.8 Å². The average molecular weight is 698 g/mol. The number of hydrogen-bond donors (Lipinski definition) is 3. The maximum atomic E-state index is 13.4. The molecule has 0 radical (unpaired) electrons. The number of nitrogens with one attached hydrogen (secondary N) is 2. The zero-order chi connectivity index (χ0) is 37.0. The van der Waals surface area contributed by atoms with E-state index in [9.17, 15) is 19.5 Å². The summed E-state index contributed by atoms with van der Waals surface area (Å²) in [5.74, 6) is -0.677. The third-order valence-corrected chi connectivity index (χ3v) is 10.6. The highest BCUT2D eigenvalue weighted by Gasteiger charge is 2.44. The third-order valence-electron chi connectivity index (χ3n) is 10.6. The predicted molar refractivity (Wildman–Crippen MR) is 199 cm³/mol. The van der Waals surface area contributed by atoms with Crippen LogP contribution in [0.3, 0.4) is 0 Å². The number of methoxy groups -OCH3 is 2. The Kier molecular flexibility index (Phi) is 11.5. The summed E-state index contributed by atoms with van der Waals surface area (Å²) in [6.07, 6.45) is 3.76. The van der Waals surface area contributed by atoms with Gasteiger partial charge in [0.25, 0.3) is 0 Å². The normalized spacial score (nSPS) is 17.1. The molecule has 2 aliphatic heterocycles. The van der Waals surface area contributed by atoms with E-state index >= 15 is 0 Å². The van der Waals surface area contributed by atoms with E-state index in [1.54, 1.807) is 19.0 Å². The number of carbonyl (C=O) groups is 3. The molecule has 5 heterocycles. The van der Waals surface area contributed by atoms with Crippen molar-refractivity contribution in [2.45, 2.75) is 90.4 Å². The molecule has 0 saturated heterocycles. The Balaban J connectivity index is 1.86. The number of carbonyl (C=O) groups excluding carboxylic acids is 3. The Hall–Kier alpha value is -4.77. The molecule has 8 bridgehead atoms. The van der Waals surface area contributed by atoms with Gasteiger partial charge in [-0.25, -0.2) is 4.98 Å². The highest BCUT2D eigenvalue weighted by molar-refractivity contribution is 5.94. The Morgan fingerprint density at radius 1 is 0.863 bits per heavy atom. The van der Waals surface area contributed by atoms with Gasteiger partial charge in [-0.2, -0.15) is 0 Å². The van der Waals surface area contributed by atoms with Crippen molar-refractivity contribution in [2.24, 2.45) is 0 Å². The van der Waals surface area contributed by atoms with Gasteiger partial charge in [-0.1, -0.05) is 13.3 Å². The molecule has 11 nitrogen and oxygen atoms in total. The molecule has 2 aliphatic rings. The predicted octanol–water partition coefficient (Wildman–Crippen LogP) is 6.60. The number of aliphatic hydroxyl groups excluding tert-OH is 1. The van der Waals surface area contributed by atoms with E-state index in [-0.39, 0.29) is 49.6 Å². The summed E-state index contributed by atoms with van der Waals surface area (Å²) in [6, 6.07) is 10.3. The molecule has 3 N–H and O–H groups in total. The lowest BCUT2D eigenvalue weighted by Crippen LogP contribution is -2.34. The fourth-order valence-corrected chi connectivity index (χ4v) is 7.32. The molecule has 2 atom stereocenters. The van der Waals surface area contributed by atoms with Gasteiger partial charge in [0, 0.05) is 84.8 Å². The standard InChI is InChI=1S/C40H51N5O6/c1-23-17-26-18-36-40(4,22-37(47)45(5)6)29(11-9-10-16-46)35(44-36)20-32-25(3)28(13-15-39(49)51-8)34(43-32)21-33-27(12-14-38(48)50-7)24(2)31(42-33)19-30(23)41-26/h17-21,29,41,43,46H,9-16,22H2,1-8H3/t29-,40-/m0/s1. The van der Waals surface area contributed by atoms with Crippen LogP contribution in [0.4, 0.5) is 0 Å². The van der Waals surface area contributed by atoms with Crippen LogP contribution in [0.5, 0.6) is 0 Å². The van der Waals surface area contributed by atoms with Crippen LogP contribution in [0.15, 0.2) is 30.3 Å². The monoisotopic (exact) mass is 697 g/mol. The van der Waals surface area contributed by atoms with E-state index < -0.39 is 5.41 Å². The number of amides is 1. The Labute approximate surface area is 299 Å². The first-order valence-corrected chi connectivity index (χ1v) is 17.7. The second-order valence-corrected chi connectivity index (χ2v) is 14.2. The molecule has 0 spiro atoms. The molecule has 0 fully saturated rings. The van der Waals surface area contributed by atoms with Gasteiger partial charge in [0.1, 0.15) is 0 Å². The molecule has 0 saturated carbocycles. The molecule has 272 valence electrons. The van der Waals surface area contributed by atoms with Crippen LogP contribution >= 0.6 is 0 Å². The fourth-order valence-electron chi connectivity index (χ4n) is 7.32. The van der Waals surface area contributed by atoms with E-state index in [0.29, 0.717) is 19.3 Å². The minimum Gasteiger partial charge on any atom is -0.469 e. The summed E-state index contributed by atoms with van der Waals surface area (Å²) in [5, 5.41) is 9.68. The summed E-state index contributed by atoms with van der Waals surface area (Å²) < 4.78 is 9.96. The second kappa shape index (κ2) is 15.6. The van der Waals surface area contributed by atoms with Crippen LogP contribution in [-0.4, -0.2) is 82.7 Å². The molecule has 0 aliphatic carbocycles. The minimum absolute atomic E-state index is 0.0175. The number of aromatic nitrogens is 4. The maximum absolute atomic E-state index is 13.4. The minimum atomic E-state index is -0.616. The highest BCUT2D eigenvalue weighted by Crippen LogP contribution is 2.48. The van der Waals surface area contributed by atoms with Crippen LogP contribution in [0, 0.1) is 13.8 Å². The number of esters is 2. The van der Waals surface area contributed by atoms with Gasteiger partial charge in [0.05, 0.1) is 25.6 Å². The quantitative estimate of drug-likeness (QED) is 0.142. The number of fused-ring (bicyclic) bond motifs is 8. The molecular weight excluding hydrogens is 646 g/mol. The number of aromatic amines is 2. The second-order valence-electron chi connectivity index (χ2n) is 14.2. The smallest absolute Gasteiger partial charge is 0.305 e. The molecule has 3 aromatic heterocycles. The Bertz CT molecular complexity index is 2020. The molecule has 11 heteroatoms. The molecule has 5 rings (SSSR count). The summed E-state index contributed by atoms with van der Waals surface area (Å²) in [6.45, 7) is 8.32. The van der Waals surface area contributed by atoms with E-state index in [2.05, 4.69) is 35.1 Å². The van der Waals surface area contributed by atoms with E-state index in [0.717, 1.165) is 85.5 Å². The molecule has 1 amide bonds. The summed E-state index contributed by atoms with van der Waals surface area (Å²) in [7, 11) is 6.33. The third kappa shape index (κ3) is 7.93. The van der Waals surface area contributed by atoms with Crippen molar-refractivity contribution in [1.29, 1.82) is 0 Å². The van der Waals surface area contributed by atoms with Crippen molar-refractivity contribution in [2.75, 3.05) is 34.9 Å². The summed E-state index contributed by atoms with van der Waals surface area (Å²) in [4.78, 5) is 57.2. The lowest BCUT2D eigenvalue weighted by Gasteiger charge is -2.32. The topological polar surface area (TPSA) is 151 Å². The lowest BCUT2D eigenvalue weighted by atomic mass is 9.70. The van der Waals surface area contributed by atoms with Gasteiger partial charge in [-0.3, -0.25) is 19.4 Å². The van der Waals surface area contributed by atoms with Crippen LogP contribution < -0.4 is 0 Å². The molecule has 51 heavy (non-hydrogen) atoms. The van der Waals surface area contributed by atoms with Crippen molar-refractivity contribution >= 4 is 51.1 Å². The van der Waals surface area contributed by atoms with Gasteiger partial charge in [-0.15, -0.1) is 0 Å². The SMILES string of the molecule is COC(=O)CCC1=C(C)c2cc3[nH]c(cc4nc(cc5[nH]c(cc1n2)c(CCC(=O)OC)c5C)[C@H](CCCCO)[C@]4(C)CC(=O)N(C)C)cc3C. The first-order valence-electron chi connectivity index (χ1n) is 17.7.